The Morgan fingerprint density at radius 2 is 2.10 bits per heavy atom. The smallest absolute Gasteiger partial charge is 0.134 e. The Morgan fingerprint density at radius 3 is 2.70 bits per heavy atom. The molecule has 0 unspecified atom stereocenters. The SMILES string of the molecule is CCN(CCOC)Cc1ccc(OC)c(C#CCN)c1. The number of hydrogen-bond acceptors (Lipinski definition) is 4. The van der Waals surface area contributed by atoms with Gasteiger partial charge in [0.25, 0.3) is 0 Å². The van der Waals surface area contributed by atoms with Crippen LogP contribution < -0.4 is 10.5 Å². The minimum Gasteiger partial charge on any atom is -0.495 e. The van der Waals surface area contributed by atoms with Gasteiger partial charge in [0.2, 0.25) is 0 Å². The molecule has 1 aromatic carbocycles. The third-order valence-corrected chi connectivity index (χ3v) is 3.05. The number of ether oxygens (including phenoxy) is 2. The molecule has 0 radical (unpaired) electrons. The molecule has 20 heavy (non-hydrogen) atoms. The van der Waals surface area contributed by atoms with Gasteiger partial charge in [-0.05, 0) is 24.2 Å². The van der Waals surface area contributed by atoms with Crippen LogP contribution in [-0.2, 0) is 11.3 Å². The Hall–Kier alpha value is -1.54. The van der Waals surface area contributed by atoms with Gasteiger partial charge in [0.15, 0.2) is 0 Å². The largest absolute Gasteiger partial charge is 0.495 e. The van der Waals surface area contributed by atoms with Gasteiger partial charge in [0, 0.05) is 20.2 Å². The normalized spacial score (nSPS) is 10.2. The van der Waals surface area contributed by atoms with Crippen molar-refractivity contribution in [2.75, 3.05) is 40.5 Å². The van der Waals surface area contributed by atoms with Gasteiger partial charge in [-0.1, -0.05) is 24.8 Å². The molecule has 2 N–H and O–H groups in total. The number of likely N-dealkylation sites (N-methyl/N-ethyl adjacent to an activating group) is 1. The van der Waals surface area contributed by atoms with E-state index in [2.05, 4.69) is 35.8 Å². The Bertz CT molecular complexity index is 463. The summed E-state index contributed by atoms with van der Waals surface area (Å²) in [5.41, 5.74) is 7.53. The summed E-state index contributed by atoms with van der Waals surface area (Å²) in [6.45, 7) is 6.02. The quantitative estimate of drug-likeness (QED) is 0.766. The predicted molar refractivity (Wildman–Crippen MR) is 81.8 cm³/mol. The second kappa shape index (κ2) is 9.38. The summed E-state index contributed by atoms with van der Waals surface area (Å²) in [4.78, 5) is 2.32. The number of rotatable bonds is 7. The first-order valence-electron chi connectivity index (χ1n) is 6.82. The molecule has 0 aliphatic carbocycles. The lowest BCUT2D eigenvalue weighted by Gasteiger charge is -2.20. The highest BCUT2D eigenvalue weighted by atomic mass is 16.5. The first-order chi connectivity index (χ1) is 9.74. The lowest BCUT2D eigenvalue weighted by atomic mass is 10.1. The molecular weight excluding hydrogens is 252 g/mol. The van der Waals surface area contributed by atoms with Crippen molar-refractivity contribution in [3.05, 3.63) is 29.3 Å². The fourth-order valence-corrected chi connectivity index (χ4v) is 1.92. The van der Waals surface area contributed by atoms with Crippen LogP contribution in [-0.4, -0.2) is 45.4 Å². The van der Waals surface area contributed by atoms with Crippen molar-refractivity contribution >= 4 is 0 Å². The second-order valence-corrected chi connectivity index (χ2v) is 4.40. The third kappa shape index (κ3) is 5.22. The van der Waals surface area contributed by atoms with Crippen molar-refractivity contribution < 1.29 is 9.47 Å². The van der Waals surface area contributed by atoms with Gasteiger partial charge in [-0.3, -0.25) is 4.90 Å². The van der Waals surface area contributed by atoms with E-state index >= 15 is 0 Å². The van der Waals surface area contributed by atoms with E-state index in [0.29, 0.717) is 6.54 Å². The van der Waals surface area contributed by atoms with Gasteiger partial charge in [0.1, 0.15) is 5.75 Å². The van der Waals surface area contributed by atoms with E-state index in [1.54, 1.807) is 14.2 Å². The zero-order chi connectivity index (χ0) is 14.8. The third-order valence-electron chi connectivity index (χ3n) is 3.05. The van der Waals surface area contributed by atoms with Crippen LogP contribution in [0.15, 0.2) is 18.2 Å². The van der Waals surface area contributed by atoms with Crippen molar-refractivity contribution in [1.29, 1.82) is 0 Å². The molecule has 4 nitrogen and oxygen atoms in total. The van der Waals surface area contributed by atoms with Crippen LogP contribution in [0.2, 0.25) is 0 Å². The maximum Gasteiger partial charge on any atom is 0.134 e. The Balaban J connectivity index is 2.84. The minimum absolute atomic E-state index is 0.350. The molecule has 0 fully saturated rings. The number of nitrogens with two attached hydrogens (primary N) is 1. The highest BCUT2D eigenvalue weighted by Crippen LogP contribution is 2.19. The van der Waals surface area contributed by atoms with Gasteiger partial charge < -0.3 is 15.2 Å². The molecule has 4 heteroatoms. The standard InChI is InChI=1S/C16H24N2O2/c1-4-18(10-11-19-2)13-14-7-8-16(20-3)15(12-14)6-5-9-17/h7-8,12H,4,9-11,13,17H2,1-3H3. The molecule has 0 saturated heterocycles. The molecular formula is C16H24N2O2. The fraction of sp³-hybridized carbons (Fsp3) is 0.500. The predicted octanol–water partition coefficient (Wildman–Crippen LogP) is 1.47. The molecule has 0 bridgehead atoms. The van der Waals surface area contributed by atoms with Gasteiger partial charge in [-0.25, -0.2) is 0 Å². The summed E-state index contributed by atoms with van der Waals surface area (Å²) in [7, 11) is 3.38. The lowest BCUT2D eigenvalue weighted by molar-refractivity contribution is 0.147. The Labute approximate surface area is 121 Å². The molecule has 0 heterocycles. The molecule has 0 saturated carbocycles. The Kier molecular flexibility index (Phi) is 7.74. The number of benzene rings is 1. The van der Waals surface area contributed by atoms with E-state index in [9.17, 15) is 0 Å². The van der Waals surface area contributed by atoms with Crippen molar-refractivity contribution in [2.45, 2.75) is 13.5 Å². The molecule has 0 atom stereocenters. The summed E-state index contributed by atoms with van der Waals surface area (Å²) < 4.78 is 10.4. The molecule has 0 aliphatic rings. The Morgan fingerprint density at radius 1 is 1.30 bits per heavy atom. The summed E-state index contributed by atoms with van der Waals surface area (Å²) in [6, 6.07) is 6.10. The monoisotopic (exact) mass is 276 g/mol. The van der Waals surface area contributed by atoms with E-state index in [-0.39, 0.29) is 0 Å². The highest BCUT2D eigenvalue weighted by molar-refractivity contribution is 5.48. The summed E-state index contributed by atoms with van der Waals surface area (Å²) in [6.07, 6.45) is 0. The number of methoxy groups -OCH3 is 2. The second-order valence-electron chi connectivity index (χ2n) is 4.40. The maximum atomic E-state index is 5.43. The summed E-state index contributed by atoms with van der Waals surface area (Å²) in [5.74, 6) is 6.71. The van der Waals surface area contributed by atoms with E-state index in [1.807, 2.05) is 6.07 Å². The van der Waals surface area contributed by atoms with Crippen molar-refractivity contribution in [2.24, 2.45) is 5.73 Å². The van der Waals surface area contributed by atoms with Crippen LogP contribution >= 0.6 is 0 Å². The molecule has 1 rings (SSSR count). The molecule has 0 aliphatic heterocycles. The van der Waals surface area contributed by atoms with Crippen LogP contribution in [0, 0.1) is 11.8 Å². The van der Waals surface area contributed by atoms with Crippen molar-refractivity contribution in [1.82, 2.24) is 4.90 Å². The summed E-state index contributed by atoms with van der Waals surface area (Å²) >= 11 is 0. The van der Waals surface area contributed by atoms with E-state index in [4.69, 9.17) is 15.2 Å². The summed E-state index contributed by atoms with van der Waals surface area (Å²) in [5, 5.41) is 0. The molecule has 0 amide bonds. The number of nitrogens with zero attached hydrogens (tertiary/aromatic N) is 1. The van der Waals surface area contributed by atoms with Gasteiger partial charge >= 0.3 is 0 Å². The average molecular weight is 276 g/mol. The molecule has 1 aromatic rings. The molecule has 110 valence electrons. The van der Waals surface area contributed by atoms with Crippen LogP contribution in [0.5, 0.6) is 5.75 Å². The van der Waals surface area contributed by atoms with E-state index < -0.39 is 0 Å². The number of hydrogen-bond donors (Lipinski definition) is 1. The van der Waals surface area contributed by atoms with Crippen molar-refractivity contribution in [3.8, 4) is 17.6 Å². The van der Waals surface area contributed by atoms with E-state index in [1.165, 1.54) is 5.56 Å². The van der Waals surface area contributed by atoms with Gasteiger partial charge in [-0.2, -0.15) is 0 Å². The highest BCUT2D eigenvalue weighted by Gasteiger charge is 2.06. The van der Waals surface area contributed by atoms with Crippen LogP contribution in [0.3, 0.4) is 0 Å². The van der Waals surface area contributed by atoms with Crippen LogP contribution in [0.1, 0.15) is 18.1 Å². The average Bonchev–Trinajstić information content (AvgIpc) is 2.49. The lowest BCUT2D eigenvalue weighted by Crippen LogP contribution is -2.26. The molecule has 0 aromatic heterocycles. The topological polar surface area (TPSA) is 47.7 Å². The first-order valence-corrected chi connectivity index (χ1v) is 6.82. The zero-order valence-corrected chi connectivity index (χ0v) is 12.6. The minimum atomic E-state index is 0.350. The molecule has 0 spiro atoms. The van der Waals surface area contributed by atoms with Crippen molar-refractivity contribution in [3.63, 3.8) is 0 Å². The first kappa shape index (κ1) is 16.5. The van der Waals surface area contributed by atoms with E-state index in [0.717, 1.165) is 37.6 Å². The zero-order valence-electron chi connectivity index (χ0n) is 12.6. The van der Waals surface area contributed by atoms with Gasteiger partial charge in [-0.15, -0.1) is 0 Å². The maximum absolute atomic E-state index is 5.43. The fourth-order valence-electron chi connectivity index (χ4n) is 1.92. The van der Waals surface area contributed by atoms with Gasteiger partial charge in [0.05, 0.1) is 25.8 Å². The van der Waals surface area contributed by atoms with Crippen LogP contribution in [0.25, 0.3) is 0 Å². The van der Waals surface area contributed by atoms with Crippen LogP contribution in [0.4, 0.5) is 0 Å².